The molecule has 0 atom stereocenters. The number of rotatable bonds is 5. The first-order valence-electron chi connectivity index (χ1n) is 8.95. The minimum Gasteiger partial charge on any atom is -0.507 e. The fraction of sp³-hybridized carbons (Fsp3) is 0.182. The number of fused-ring (bicyclic) bond motifs is 1. The van der Waals surface area contributed by atoms with Crippen LogP contribution in [0.5, 0.6) is 5.75 Å². The molecule has 0 saturated carbocycles. The summed E-state index contributed by atoms with van der Waals surface area (Å²) < 4.78 is 0. The van der Waals surface area contributed by atoms with Gasteiger partial charge in [0, 0.05) is 6.42 Å². The summed E-state index contributed by atoms with van der Waals surface area (Å²) in [7, 11) is 0. The molecular formula is C22H22N2O3. The van der Waals surface area contributed by atoms with Gasteiger partial charge in [0.25, 0.3) is 5.91 Å². The lowest BCUT2D eigenvalue weighted by molar-refractivity contribution is -0.121. The molecule has 2 amide bonds. The number of amides is 2. The predicted molar refractivity (Wildman–Crippen MR) is 105 cm³/mol. The number of phenolic OH excluding ortho intramolecular Hbond substituents is 1. The number of hydrogen-bond donors (Lipinski definition) is 3. The summed E-state index contributed by atoms with van der Waals surface area (Å²) in [5.74, 6) is -0.974. The van der Waals surface area contributed by atoms with Crippen molar-refractivity contribution in [2.45, 2.75) is 26.2 Å². The van der Waals surface area contributed by atoms with E-state index in [-0.39, 0.29) is 23.6 Å². The molecule has 5 heteroatoms. The normalized spacial score (nSPS) is 10.6. The van der Waals surface area contributed by atoms with Crippen molar-refractivity contribution in [1.29, 1.82) is 0 Å². The molecular weight excluding hydrogens is 340 g/mol. The van der Waals surface area contributed by atoms with Crippen LogP contribution in [0, 0.1) is 0 Å². The second-order valence-corrected chi connectivity index (χ2v) is 6.39. The average Bonchev–Trinajstić information content (AvgIpc) is 2.70. The van der Waals surface area contributed by atoms with E-state index in [1.807, 2.05) is 36.4 Å². The topological polar surface area (TPSA) is 78.4 Å². The highest BCUT2D eigenvalue weighted by Crippen LogP contribution is 2.24. The molecule has 27 heavy (non-hydrogen) atoms. The number of phenols is 1. The molecule has 3 aromatic carbocycles. The van der Waals surface area contributed by atoms with E-state index in [9.17, 15) is 14.7 Å². The third-order valence-electron chi connectivity index (χ3n) is 4.50. The third-order valence-corrected chi connectivity index (χ3v) is 4.50. The number of nitrogens with one attached hydrogen (secondary N) is 2. The lowest BCUT2D eigenvalue weighted by Gasteiger charge is -2.10. The Kier molecular flexibility index (Phi) is 5.71. The van der Waals surface area contributed by atoms with E-state index in [0.717, 1.165) is 22.8 Å². The lowest BCUT2D eigenvalue weighted by Crippen LogP contribution is -2.41. The molecule has 0 spiro atoms. The van der Waals surface area contributed by atoms with Crippen LogP contribution in [0.4, 0.5) is 0 Å². The minimum atomic E-state index is -0.557. The smallest absolute Gasteiger partial charge is 0.273 e. The van der Waals surface area contributed by atoms with Crippen molar-refractivity contribution in [3.8, 4) is 5.75 Å². The van der Waals surface area contributed by atoms with E-state index in [2.05, 4.69) is 29.9 Å². The molecule has 0 aliphatic heterocycles. The van der Waals surface area contributed by atoms with Crippen molar-refractivity contribution in [3.05, 3.63) is 77.4 Å². The molecule has 0 aromatic heterocycles. The first-order valence-corrected chi connectivity index (χ1v) is 8.95. The molecule has 0 radical (unpaired) electrons. The number of aromatic hydroxyl groups is 1. The molecule has 0 aliphatic carbocycles. The minimum absolute atomic E-state index is 0.115. The Morgan fingerprint density at radius 1 is 0.889 bits per heavy atom. The van der Waals surface area contributed by atoms with Crippen LogP contribution in [-0.2, 0) is 17.6 Å². The molecule has 5 nitrogen and oxygen atoms in total. The number of benzene rings is 3. The Morgan fingerprint density at radius 2 is 1.52 bits per heavy atom. The summed E-state index contributed by atoms with van der Waals surface area (Å²) in [6.45, 7) is 2.10. The largest absolute Gasteiger partial charge is 0.507 e. The van der Waals surface area contributed by atoms with Crippen LogP contribution in [0.25, 0.3) is 10.8 Å². The zero-order chi connectivity index (χ0) is 19.2. The van der Waals surface area contributed by atoms with Gasteiger partial charge in [0.15, 0.2) is 0 Å². The van der Waals surface area contributed by atoms with E-state index in [0.29, 0.717) is 6.42 Å². The zero-order valence-electron chi connectivity index (χ0n) is 15.2. The standard InChI is InChI=1S/C22H22N2O3/c1-2-15-7-9-16(10-8-15)11-12-21(26)23-24-22(27)19-13-17-5-3-4-6-18(17)14-20(19)25/h3-10,13-14,25H,2,11-12H2,1H3,(H,23,26)(H,24,27). The second kappa shape index (κ2) is 8.36. The summed E-state index contributed by atoms with van der Waals surface area (Å²) in [6, 6.07) is 18.7. The highest BCUT2D eigenvalue weighted by atomic mass is 16.3. The maximum atomic E-state index is 12.3. The van der Waals surface area contributed by atoms with Crippen molar-refractivity contribution < 1.29 is 14.7 Å². The Bertz CT molecular complexity index is 965. The van der Waals surface area contributed by atoms with Gasteiger partial charge in [-0.05, 0) is 46.9 Å². The van der Waals surface area contributed by atoms with E-state index >= 15 is 0 Å². The number of hydrogen-bond acceptors (Lipinski definition) is 3. The monoisotopic (exact) mass is 362 g/mol. The van der Waals surface area contributed by atoms with Gasteiger partial charge in [0.2, 0.25) is 5.91 Å². The van der Waals surface area contributed by atoms with Crippen molar-refractivity contribution in [3.63, 3.8) is 0 Å². The van der Waals surface area contributed by atoms with Gasteiger partial charge in [-0.2, -0.15) is 0 Å². The Labute approximate surface area is 158 Å². The van der Waals surface area contributed by atoms with Crippen LogP contribution in [0.1, 0.15) is 34.8 Å². The first-order chi connectivity index (χ1) is 13.1. The number of hydrazine groups is 1. The van der Waals surface area contributed by atoms with Gasteiger partial charge >= 0.3 is 0 Å². The fourth-order valence-electron chi connectivity index (χ4n) is 2.87. The average molecular weight is 362 g/mol. The zero-order valence-corrected chi connectivity index (χ0v) is 15.2. The molecule has 3 rings (SSSR count). The number of carbonyl (C=O) groups excluding carboxylic acids is 2. The van der Waals surface area contributed by atoms with Crippen LogP contribution in [-0.4, -0.2) is 16.9 Å². The summed E-state index contributed by atoms with van der Waals surface area (Å²) in [5.41, 5.74) is 7.20. The summed E-state index contributed by atoms with van der Waals surface area (Å²) in [4.78, 5) is 24.3. The summed E-state index contributed by atoms with van der Waals surface area (Å²) >= 11 is 0. The molecule has 0 unspecified atom stereocenters. The molecule has 3 N–H and O–H groups in total. The Hall–Kier alpha value is -3.34. The molecule has 0 heterocycles. The van der Waals surface area contributed by atoms with E-state index in [1.54, 1.807) is 6.07 Å². The maximum absolute atomic E-state index is 12.3. The van der Waals surface area contributed by atoms with Gasteiger partial charge in [0.1, 0.15) is 5.75 Å². The van der Waals surface area contributed by atoms with E-state index in [1.165, 1.54) is 11.6 Å². The maximum Gasteiger partial charge on any atom is 0.273 e. The van der Waals surface area contributed by atoms with Crippen LogP contribution >= 0.6 is 0 Å². The second-order valence-electron chi connectivity index (χ2n) is 6.39. The van der Waals surface area contributed by atoms with Gasteiger partial charge < -0.3 is 5.11 Å². The molecule has 0 bridgehead atoms. The third kappa shape index (κ3) is 4.64. The lowest BCUT2D eigenvalue weighted by atomic mass is 10.1. The van der Waals surface area contributed by atoms with Gasteiger partial charge in [0.05, 0.1) is 5.56 Å². The van der Waals surface area contributed by atoms with Crippen molar-refractivity contribution in [2.75, 3.05) is 0 Å². The van der Waals surface area contributed by atoms with Gasteiger partial charge in [-0.1, -0.05) is 55.5 Å². The van der Waals surface area contributed by atoms with Crippen LogP contribution in [0.3, 0.4) is 0 Å². The quantitative estimate of drug-likeness (QED) is 0.608. The molecule has 138 valence electrons. The highest BCUT2D eigenvalue weighted by molar-refractivity contribution is 6.02. The van der Waals surface area contributed by atoms with Crippen molar-refractivity contribution in [1.82, 2.24) is 10.9 Å². The molecule has 0 aliphatic rings. The van der Waals surface area contributed by atoms with Gasteiger partial charge in [-0.3, -0.25) is 20.4 Å². The SMILES string of the molecule is CCc1ccc(CCC(=O)NNC(=O)c2cc3ccccc3cc2O)cc1. The van der Waals surface area contributed by atoms with Crippen molar-refractivity contribution >= 4 is 22.6 Å². The Morgan fingerprint density at radius 3 is 2.19 bits per heavy atom. The van der Waals surface area contributed by atoms with Gasteiger partial charge in [-0.15, -0.1) is 0 Å². The number of aryl methyl sites for hydroxylation is 2. The highest BCUT2D eigenvalue weighted by Gasteiger charge is 2.13. The van der Waals surface area contributed by atoms with Crippen LogP contribution < -0.4 is 10.9 Å². The van der Waals surface area contributed by atoms with E-state index in [4.69, 9.17) is 0 Å². The van der Waals surface area contributed by atoms with Crippen molar-refractivity contribution in [2.24, 2.45) is 0 Å². The predicted octanol–water partition coefficient (Wildman–Crippen LogP) is 3.50. The van der Waals surface area contributed by atoms with Crippen LogP contribution in [0.2, 0.25) is 0 Å². The molecule has 0 saturated heterocycles. The first kappa shape index (κ1) is 18.5. The number of carbonyl (C=O) groups is 2. The fourth-order valence-corrected chi connectivity index (χ4v) is 2.87. The Balaban J connectivity index is 1.55. The summed E-state index contributed by atoms with van der Waals surface area (Å²) in [6.07, 6.45) is 1.83. The van der Waals surface area contributed by atoms with Gasteiger partial charge in [-0.25, -0.2) is 0 Å². The molecule has 3 aromatic rings. The summed E-state index contributed by atoms with van der Waals surface area (Å²) in [5, 5.41) is 11.7. The van der Waals surface area contributed by atoms with Crippen LogP contribution in [0.15, 0.2) is 60.7 Å². The molecule has 0 fully saturated rings. The van der Waals surface area contributed by atoms with E-state index < -0.39 is 5.91 Å².